The SMILES string of the molecule is CCN1CCC[C@H]1CNC(=O)C(=O)NC(C)C. The Hall–Kier alpha value is -1.10. The number of nitrogens with zero attached hydrogens (tertiary/aromatic N) is 1. The zero-order chi connectivity index (χ0) is 12.8. The molecule has 0 radical (unpaired) electrons. The van der Waals surface area contributed by atoms with Crippen LogP contribution < -0.4 is 10.6 Å². The van der Waals surface area contributed by atoms with Crippen LogP contribution in [0.15, 0.2) is 0 Å². The molecule has 5 heteroatoms. The molecular weight excluding hydrogens is 218 g/mol. The van der Waals surface area contributed by atoms with Crippen LogP contribution >= 0.6 is 0 Å². The summed E-state index contributed by atoms with van der Waals surface area (Å²) < 4.78 is 0. The van der Waals surface area contributed by atoms with Gasteiger partial charge in [-0.1, -0.05) is 6.92 Å². The first-order valence-corrected chi connectivity index (χ1v) is 6.37. The molecule has 0 bridgehead atoms. The van der Waals surface area contributed by atoms with Gasteiger partial charge in [0.15, 0.2) is 0 Å². The lowest BCUT2D eigenvalue weighted by Gasteiger charge is -2.22. The van der Waals surface area contributed by atoms with Gasteiger partial charge in [0.2, 0.25) is 0 Å². The van der Waals surface area contributed by atoms with Crippen LogP contribution in [0.1, 0.15) is 33.6 Å². The Morgan fingerprint density at radius 3 is 2.65 bits per heavy atom. The molecule has 1 atom stereocenters. The van der Waals surface area contributed by atoms with Gasteiger partial charge >= 0.3 is 11.8 Å². The second kappa shape index (κ2) is 6.59. The van der Waals surface area contributed by atoms with Crippen molar-refractivity contribution in [1.29, 1.82) is 0 Å². The Kier molecular flexibility index (Phi) is 5.41. The highest BCUT2D eigenvalue weighted by molar-refractivity contribution is 6.35. The van der Waals surface area contributed by atoms with E-state index in [2.05, 4.69) is 22.5 Å². The van der Waals surface area contributed by atoms with Gasteiger partial charge in [0, 0.05) is 18.6 Å². The quantitative estimate of drug-likeness (QED) is 0.687. The molecule has 5 nitrogen and oxygen atoms in total. The Morgan fingerprint density at radius 1 is 1.35 bits per heavy atom. The molecule has 0 aromatic carbocycles. The number of rotatable bonds is 4. The molecule has 0 aromatic rings. The van der Waals surface area contributed by atoms with Gasteiger partial charge in [-0.3, -0.25) is 14.5 Å². The van der Waals surface area contributed by atoms with E-state index in [0.29, 0.717) is 12.6 Å². The fourth-order valence-electron chi connectivity index (χ4n) is 2.16. The number of likely N-dealkylation sites (N-methyl/N-ethyl adjacent to an activating group) is 1. The van der Waals surface area contributed by atoms with Crippen molar-refractivity contribution in [2.75, 3.05) is 19.6 Å². The summed E-state index contributed by atoms with van der Waals surface area (Å²) in [7, 11) is 0. The molecule has 1 aliphatic rings. The average Bonchev–Trinajstić information content (AvgIpc) is 2.72. The van der Waals surface area contributed by atoms with Crippen LogP contribution in [0.3, 0.4) is 0 Å². The van der Waals surface area contributed by atoms with Crippen molar-refractivity contribution in [1.82, 2.24) is 15.5 Å². The summed E-state index contributed by atoms with van der Waals surface area (Å²) in [5.41, 5.74) is 0. The number of hydrogen-bond acceptors (Lipinski definition) is 3. The Labute approximate surface area is 103 Å². The Balaban J connectivity index is 2.30. The van der Waals surface area contributed by atoms with E-state index in [-0.39, 0.29) is 6.04 Å². The van der Waals surface area contributed by atoms with Crippen LogP contribution in [0, 0.1) is 0 Å². The largest absolute Gasteiger partial charge is 0.346 e. The number of carbonyl (C=O) groups excluding carboxylic acids is 2. The smallest absolute Gasteiger partial charge is 0.309 e. The van der Waals surface area contributed by atoms with E-state index in [1.807, 2.05) is 13.8 Å². The van der Waals surface area contributed by atoms with Gasteiger partial charge in [-0.25, -0.2) is 0 Å². The summed E-state index contributed by atoms with van der Waals surface area (Å²) in [6.07, 6.45) is 2.27. The van der Waals surface area contributed by atoms with Gasteiger partial charge in [0.25, 0.3) is 0 Å². The highest BCUT2D eigenvalue weighted by Gasteiger charge is 2.24. The fraction of sp³-hybridized carbons (Fsp3) is 0.833. The van der Waals surface area contributed by atoms with Crippen molar-refractivity contribution in [3.63, 3.8) is 0 Å². The zero-order valence-corrected chi connectivity index (χ0v) is 11.0. The van der Waals surface area contributed by atoms with Crippen LogP contribution in [-0.2, 0) is 9.59 Å². The van der Waals surface area contributed by atoms with Crippen LogP contribution in [0.25, 0.3) is 0 Å². The van der Waals surface area contributed by atoms with Gasteiger partial charge in [-0.2, -0.15) is 0 Å². The number of nitrogens with one attached hydrogen (secondary N) is 2. The minimum Gasteiger partial charge on any atom is -0.346 e. The lowest BCUT2D eigenvalue weighted by Crippen LogP contribution is -2.46. The van der Waals surface area contributed by atoms with Crippen LogP contribution in [-0.4, -0.2) is 48.4 Å². The van der Waals surface area contributed by atoms with Gasteiger partial charge in [0.1, 0.15) is 0 Å². The van der Waals surface area contributed by atoms with E-state index in [1.165, 1.54) is 6.42 Å². The van der Waals surface area contributed by atoms with Crippen molar-refractivity contribution >= 4 is 11.8 Å². The summed E-state index contributed by atoms with van der Waals surface area (Å²) in [6, 6.07) is 0.377. The molecule has 1 heterocycles. The Morgan fingerprint density at radius 2 is 2.06 bits per heavy atom. The molecule has 0 unspecified atom stereocenters. The number of likely N-dealkylation sites (tertiary alicyclic amines) is 1. The summed E-state index contributed by atoms with van der Waals surface area (Å²) >= 11 is 0. The van der Waals surface area contributed by atoms with Gasteiger partial charge in [0.05, 0.1) is 0 Å². The third-order valence-corrected chi connectivity index (χ3v) is 3.03. The third kappa shape index (κ3) is 4.34. The second-order valence-corrected chi connectivity index (χ2v) is 4.76. The van der Waals surface area contributed by atoms with Gasteiger partial charge in [-0.05, 0) is 39.8 Å². The first kappa shape index (κ1) is 14.0. The summed E-state index contributed by atoms with van der Waals surface area (Å²) in [4.78, 5) is 25.2. The van der Waals surface area contributed by atoms with E-state index in [4.69, 9.17) is 0 Å². The number of carbonyl (C=O) groups is 2. The first-order chi connectivity index (χ1) is 8.04. The molecule has 98 valence electrons. The molecule has 0 aromatic heterocycles. The minimum absolute atomic E-state index is 0.00753. The maximum atomic E-state index is 11.5. The molecule has 2 amide bonds. The topological polar surface area (TPSA) is 61.4 Å². The van der Waals surface area contributed by atoms with E-state index < -0.39 is 11.8 Å². The minimum atomic E-state index is -0.541. The number of hydrogen-bond donors (Lipinski definition) is 2. The maximum absolute atomic E-state index is 11.5. The highest BCUT2D eigenvalue weighted by atomic mass is 16.2. The fourth-order valence-corrected chi connectivity index (χ4v) is 2.16. The van der Waals surface area contributed by atoms with E-state index >= 15 is 0 Å². The lowest BCUT2D eigenvalue weighted by molar-refractivity contribution is -0.139. The molecule has 0 aliphatic carbocycles. The van der Waals surface area contributed by atoms with Crippen molar-refractivity contribution in [2.24, 2.45) is 0 Å². The normalized spacial score (nSPS) is 20.6. The molecule has 1 rings (SSSR count). The molecule has 0 saturated carbocycles. The summed E-state index contributed by atoms with van der Waals surface area (Å²) in [5, 5.41) is 5.28. The maximum Gasteiger partial charge on any atom is 0.309 e. The molecule has 2 N–H and O–H groups in total. The Bertz CT molecular complexity index is 279. The lowest BCUT2D eigenvalue weighted by atomic mass is 10.2. The molecule has 1 saturated heterocycles. The molecule has 1 aliphatic heterocycles. The van der Waals surface area contributed by atoms with Gasteiger partial charge in [-0.15, -0.1) is 0 Å². The van der Waals surface area contributed by atoms with Crippen LogP contribution in [0.4, 0.5) is 0 Å². The summed E-state index contributed by atoms with van der Waals surface area (Å²) in [5.74, 6) is -1.07. The molecular formula is C12H23N3O2. The molecule has 17 heavy (non-hydrogen) atoms. The van der Waals surface area contributed by atoms with Crippen molar-refractivity contribution in [2.45, 2.75) is 45.7 Å². The van der Waals surface area contributed by atoms with Crippen molar-refractivity contribution in [3.05, 3.63) is 0 Å². The van der Waals surface area contributed by atoms with Crippen molar-refractivity contribution < 1.29 is 9.59 Å². The third-order valence-electron chi connectivity index (χ3n) is 3.03. The van der Waals surface area contributed by atoms with Gasteiger partial charge < -0.3 is 10.6 Å². The standard InChI is InChI=1S/C12H23N3O2/c1-4-15-7-5-6-10(15)8-13-11(16)12(17)14-9(2)3/h9-10H,4-8H2,1-3H3,(H,13,16)(H,14,17)/t10-/m0/s1. The van der Waals surface area contributed by atoms with E-state index in [1.54, 1.807) is 0 Å². The van der Waals surface area contributed by atoms with Crippen LogP contribution in [0.5, 0.6) is 0 Å². The van der Waals surface area contributed by atoms with Crippen LogP contribution in [0.2, 0.25) is 0 Å². The number of amides is 2. The van der Waals surface area contributed by atoms with E-state index in [9.17, 15) is 9.59 Å². The van der Waals surface area contributed by atoms with E-state index in [0.717, 1.165) is 19.5 Å². The first-order valence-electron chi connectivity index (χ1n) is 6.37. The molecule has 0 spiro atoms. The highest BCUT2D eigenvalue weighted by Crippen LogP contribution is 2.15. The predicted molar refractivity (Wildman–Crippen MR) is 66.6 cm³/mol. The molecule has 1 fully saturated rings. The summed E-state index contributed by atoms with van der Waals surface area (Å²) in [6.45, 7) is 8.44. The van der Waals surface area contributed by atoms with Crippen molar-refractivity contribution in [3.8, 4) is 0 Å². The predicted octanol–water partition coefficient (Wildman–Crippen LogP) is 0.112. The average molecular weight is 241 g/mol. The zero-order valence-electron chi connectivity index (χ0n) is 11.0. The second-order valence-electron chi connectivity index (χ2n) is 4.76. The monoisotopic (exact) mass is 241 g/mol.